The van der Waals surface area contributed by atoms with Gasteiger partial charge in [0.05, 0.1) is 0 Å². The van der Waals surface area contributed by atoms with Gasteiger partial charge < -0.3 is 5.32 Å². The Bertz CT molecular complexity index is 660. The van der Waals surface area contributed by atoms with Crippen LogP contribution in [0.2, 0.25) is 0 Å². The number of rotatable bonds is 5. The molecule has 0 saturated heterocycles. The molecule has 0 atom stereocenters. The average Bonchev–Trinajstić information content (AvgIpc) is 3.06. The molecule has 0 fully saturated rings. The highest BCUT2D eigenvalue weighted by Gasteiger charge is 2.17. The van der Waals surface area contributed by atoms with Crippen LogP contribution in [0.3, 0.4) is 0 Å². The Morgan fingerprint density at radius 3 is 2.82 bits per heavy atom. The van der Waals surface area contributed by atoms with Crippen molar-refractivity contribution in [1.82, 2.24) is 20.7 Å². The molecule has 0 unspecified atom stereocenters. The number of aromatic nitrogens is 3. The molecular formula is C17H20N4O. The van der Waals surface area contributed by atoms with E-state index in [-0.39, 0.29) is 5.91 Å². The fraction of sp³-hybridized carbons (Fsp3) is 0.353. The summed E-state index contributed by atoms with van der Waals surface area (Å²) in [6.45, 7) is 0.645. The summed E-state index contributed by atoms with van der Waals surface area (Å²) < 4.78 is 0. The van der Waals surface area contributed by atoms with Crippen LogP contribution in [0.4, 0.5) is 0 Å². The molecule has 1 aromatic carbocycles. The molecule has 5 nitrogen and oxygen atoms in total. The van der Waals surface area contributed by atoms with E-state index in [9.17, 15) is 4.79 Å². The maximum Gasteiger partial charge on any atom is 0.274 e. The molecule has 22 heavy (non-hydrogen) atoms. The normalized spacial score (nSPS) is 14.5. The van der Waals surface area contributed by atoms with E-state index in [1.807, 2.05) is 30.3 Å². The summed E-state index contributed by atoms with van der Waals surface area (Å²) in [5.41, 5.74) is 3.28. The lowest BCUT2D eigenvalue weighted by molar-refractivity contribution is 0.0949. The molecule has 5 heteroatoms. The molecule has 3 rings (SSSR count). The highest BCUT2D eigenvalue weighted by atomic mass is 16.2. The van der Waals surface area contributed by atoms with Gasteiger partial charge in [-0.15, -0.1) is 0 Å². The summed E-state index contributed by atoms with van der Waals surface area (Å²) in [7, 11) is 0. The van der Waals surface area contributed by atoms with Crippen LogP contribution in [0.25, 0.3) is 11.3 Å². The Balaban J connectivity index is 1.61. The lowest BCUT2D eigenvalue weighted by Crippen LogP contribution is -2.25. The number of nitrogens with zero attached hydrogens (tertiary/aromatic N) is 2. The second-order valence-corrected chi connectivity index (χ2v) is 5.50. The van der Waals surface area contributed by atoms with E-state index in [0.717, 1.165) is 18.4 Å². The van der Waals surface area contributed by atoms with E-state index in [4.69, 9.17) is 0 Å². The molecule has 1 aromatic heterocycles. The largest absolute Gasteiger partial charge is 0.350 e. The van der Waals surface area contributed by atoms with Gasteiger partial charge in [0.1, 0.15) is 5.69 Å². The minimum atomic E-state index is -0.177. The molecule has 2 N–H and O–H groups in total. The van der Waals surface area contributed by atoms with Gasteiger partial charge in [-0.1, -0.05) is 42.0 Å². The fourth-order valence-electron chi connectivity index (χ4n) is 2.74. The van der Waals surface area contributed by atoms with Crippen LogP contribution in [-0.2, 0) is 0 Å². The molecule has 2 aromatic rings. The number of hydrogen-bond acceptors (Lipinski definition) is 3. The van der Waals surface area contributed by atoms with Crippen LogP contribution < -0.4 is 5.32 Å². The van der Waals surface area contributed by atoms with Gasteiger partial charge in [-0.05, 0) is 32.1 Å². The molecule has 1 heterocycles. The number of amides is 1. The van der Waals surface area contributed by atoms with Crippen molar-refractivity contribution in [2.24, 2.45) is 0 Å². The van der Waals surface area contributed by atoms with Gasteiger partial charge in [-0.25, -0.2) is 0 Å². The van der Waals surface area contributed by atoms with Gasteiger partial charge in [0.25, 0.3) is 5.91 Å². The first kappa shape index (κ1) is 14.5. The Hall–Kier alpha value is -2.43. The van der Waals surface area contributed by atoms with Crippen molar-refractivity contribution in [3.63, 3.8) is 0 Å². The van der Waals surface area contributed by atoms with Crippen molar-refractivity contribution in [3.05, 3.63) is 47.7 Å². The number of aromatic amines is 1. The minimum Gasteiger partial charge on any atom is -0.350 e. The van der Waals surface area contributed by atoms with Crippen molar-refractivity contribution in [1.29, 1.82) is 0 Å². The summed E-state index contributed by atoms with van der Waals surface area (Å²) in [6, 6.07) is 9.60. The minimum absolute atomic E-state index is 0.177. The average molecular weight is 296 g/mol. The molecule has 0 saturated carbocycles. The summed E-state index contributed by atoms with van der Waals surface area (Å²) in [5, 5.41) is 13.6. The van der Waals surface area contributed by atoms with E-state index in [1.165, 1.54) is 24.8 Å². The molecule has 1 amide bonds. The number of benzene rings is 1. The maximum absolute atomic E-state index is 12.3. The van der Waals surface area contributed by atoms with Crippen molar-refractivity contribution < 1.29 is 4.79 Å². The number of H-pyrrole nitrogens is 1. The second-order valence-electron chi connectivity index (χ2n) is 5.50. The summed E-state index contributed by atoms with van der Waals surface area (Å²) in [4.78, 5) is 12.3. The molecule has 0 bridgehead atoms. The zero-order valence-electron chi connectivity index (χ0n) is 12.5. The van der Waals surface area contributed by atoms with Crippen molar-refractivity contribution in [2.45, 2.75) is 32.1 Å². The number of carbonyl (C=O) groups is 1. The molecule has 0 spiro atoms. The first-order chi connectivity index (χ1) is 10.8. The molecule has 1 aliphatic carbocycles. The van der Waals surface area contributed by atoms with Crippen LogP contribution in [0.15, 0.2) is 42.0 Å². The molecule has 0 aliphatic heterocycles. The van der Waals surface area contributed by atoms with Crippen LogP contribution in [0.1, 0.15) is 42.6 Å². The molecular weight excluding hydrogens is 276 g/mol. The highest BCUT2D eigenvalue weighted by molar-refractivity contribution is 5.97. The Morgan fingerprint density at radius 2 is 2.05 bits per heavy atom. The van der Waals surface area contributed by atoms with Crippen LogP contribution >= 0.6 is 0 Å². The van der Waals surface area contributed by atoms with Crippen molar-refractivity contribution >= 4 is 5.91 Å². The maximum atomic E-state index is 12.3. The van der Waals surface area contributed by atoms with E-state index in [2.05, 4.69) is 26.8 Å². The summed E-state index contributed by atoms with van der Waals surface area (Å²) >= 11 is 0. The predicted molar refractivity (Wildman–Crippen MR) is 85.3 cm³/mol. The second kappa shape index (κ2) is 7.02. The van der Waals surface area contributed by atoms with Gasteiger partial charge in [0, 0.05) is 12.1 Å². The fourth-order valence-corrected chi connectivity index (χ4v) is 2.74. The Morgan fingerprint density at radius 1 is 1.18 bits per heavy atom. The Labute approximate surface area is 129 Å². The first-order valence-corrected chi connectivity index (χ1v) is 7.77. The third-order valence-electron chi connectivity index (χ3n) is 3.93. The Kier molecular flexibility index (Phi) is 4.63. The van der Waals surface area contributed by atoms with Gasteiger partial charge in [-0.2, -0.15) is 15.4 Å². The van der Waals surface area contributed by atoms with E-state index < -0.39 is 0 Å². The van der Waals surface area contributed by atoms with Crippen molar-refractivity contribution in [2.75, 3.05) is 6.54 Å². The van der Waals surface area contributed by atoms with E-state index in [1.54, 1.807) is 0 Å². The quantitative estimate of drug-likeness (QED) is 0.833. The number of nitrogens with one attached hydrogen (secondary N) is 2. The van der Waals surface area contributed by atoms with Gasteiger partial charge in [-0.3, -0.25) is 4.79 Å². The van der Waals surface area contributed by atoms with Crippen LogP contribution in [0, 0.1) is 0 Å². The van der Waals surface area contributed by atoms with Gasteiger partial charge >= 0.3 is 0 Å². The first-order valence-electron chi connectivity index (χ1n) is 7.77. The summed E-state index contributed by atoms with van der Waals surface area (Å²) in [5.74, 6) is -0.177. The van der Waals surface area contributed by atoms with E-state index in [0.29, 0.717) is 17.9 Å². The molecule has 114 valence electrons. The van der Waals surface area contributed by atoms with Gasteiger partial charge in [0.2, 0.25) is 0 Å². The number of allylic oxidation sites excluding steroid dienone is 1. The lowest BCUT2D eigenvalue weighted by Gasteiger charge is -2.12. The van der Waals surface area contributed by atoms with Crippen LogP contribution in [0.5, 0.6) is 0 Å². The standard InChI is InChI=1S/C17H20N4O/c22-17(18-12-11-13-7-3-1-4-8-13)16-15(19-21-20-16)14-9-5-2-6-10-14/h2,5-7,9-10H,1,3-4,8,11-12H2,(H,18,22)(H,19,20,21). The topological polar surface area (TPSA) is 70.7 Å². The predicted octanol–water partition coefficient (Wildman–Crippen LogP) is 3.09. The number of hydrogen-bond donors (Lipinski definition) is 2. The van der Waals surface area contributed by atoms with Crippen molar-refractivity contribution in [3.8, 4) is 11.3 Å². The lowest BCUT2D eigenvalue weighted by atomic mass is 9.97. The monoisotopic (exact) mass is 296 g/mol. The molecule has 0 radical (unpaired) electrons. The third kappa shape index (κ3) is 3.42. The van der Waals surface area contributed by atoms with E-state index >= 15 is 0 Å². The highest BCUT2D eigenvalue weighted by Crippen LogP contribution is 2.20. The zero-order valence-corrected chi connectivity index (χ0v) is 12.5. The molecule has 1 aliphatic rings. The summed E-state index contributed by atoms with van der Waals surface area (Å²) in [6.07, 6.45) is 8.11. The zero-order chi connectivity index (χ0) is 15.2. The van der Waals surface area contributed by atoms with Gasteiger partial charge in [0.15, 0.2) is 5.69 Å². The third-order valence-corrected chi connectivity index (χ3v) is 3.93. The smallest absolute Gasteiger partial charge is 0.274 e. The SMILES string of the molecule is O=C(NCCC1=CCCCC1)c1n[nH]nc1-c1ccccc1. The van der Waals surface area contributed by atoms with Crippen LogP contribution in [-0.4, -0.2) is 27.9 Å². The number of carbonyl (C=O) groups excluding carboxylic acids is 1.